The van der Waals surface area contributed by atoms with Crippen LogP contribution in [0.1, 0.15) is 20.7 Å². The van der Waals surface area contributed by atoms with Gasteiger partial charge in [0.25, 0.3) is 15.9 Å². The number of rotatable bonds is 1. The molecular weight excluding hydrogens is 333 g/mol. The van der Waals surface area contributed by atoms with Crippen LogP contribution in [0, 0.1) is 0 Å². The average Bonchev–Trinajstić information content (AvgIpc) is 2.71. The van der Waals surface area contributed by atoms with E-state index in [2.05, 4.69) is 0 Å². The number of carboxylic acid groups (broad SMARTS) is 1. The van der Waals surface area contributed by atoms with Crippen LogP contribution in [-0.2, 0) is 10.0 Å². The zero-order valence-electron chi connectivity index (χ0n) is 12.0. The van der Waals surface area contributed by atoms with E-state index in [1.165, 1.54) is 36.4 Å². The van der Waals surface area contributed by atoms with Gasteiger partial charge >= 0.3 is 29.6 Å². The minimum atomic E-state index is -3.55. The molecule has 1 amide bonds. The second-order valence-electron chi connectivity index (χ2n) is 4.27. The van der Waals surface area contributed by atoms with Crippen molar-refractivity contribution in [3.05, 3.63) is 59.7 Å². The number of aromatic hydroxyl groups is 1. The number of benzene rings is 2. The number of hydrogen-bond acceptors (Lipinski definition) is 6. The molecule has 0 fully saturated rings. The first-order valence-electron chi connectivity index (χ1n) is 5.98. The maximum atomic E-state index is 11.1. The van der Waals surface area contributed by atoms with E-state index in [0.717, 1.165) is 0 Å². The summed E-state index contributed by atoms with van der Waals surface area (Å²) in [7, 11) is -3.55. The van der Waals surface area contributed by atoms with Crippen LogP contribution in [-0.4, -0.2) is 25.4 Å². The molecule has 0 unspecified atom stereocenters. The molecule has 2 aromatic carbocycles. The van der Waals surface area contributed by atoms with Crippen molar-refractivity contribution in [1.29, 1.82) is 0 Å². The largest absolute Gasteiger partial charge is 1.00 e. The summed E-state index contributed by atoms with van der Waals surface area (Å²) in [5.74, 6) is -1.74. The van der Waals surface area contributed by atoms with Gasteiger partial charge in [0.05, 0.1) is 11.5 Å². The van der Waals surface area contributed by atoms with Crippen LogP contribution >= 0.6 is 0 Å². The maximum absolute atomic E-state index is 11.1. The topological polar surface area (TPSA) is 124 Å². The zero-order chi connectivity index (χ0) is 16.3. The van der Waals surface area contributed by atoms with Gasteiger partial charge in [-0.25, -0.2) is 13.1 Å². The Balaban J connectivity index is 0.000000224. The quantitative estimate of drug-likeness (QED) is 0.528. The second-order valence-corrected chi connectivity index (χ2v) is 5.92. The second kappa shape index (κ2) is 7.60. The zero-order valence-corrected chi connectivity index (χ0v) is 14.8. The molecular formula is C14H10NNaO6S. The number of carboxylic acids is 1. The van der Waals surface area contributed by atoms with E-state index in [1.807, 2.05) is 4.72 Å². The Morgan fingerprint density at radius 2 is 1.61 bits per heavy atom. The summed E-state index contributed by atoms with van der Waals surface area (Å²) in [5.41, 5.74) is 0.287. The molecule has 1 aliphatic heterocycles. The number of fused-ring (bicyclic) bond motifs is 1. The van der Waals surface area contributed by atoms with Gasteiger partial charge in [-0.05, 0) is 42.0 Å². The number of carbonyl (C=O) groups is 2. The van der Waals surface area contributed by atoms with Crippen molar-refractivity contribution in [2.24, 2.45) is 0 Å². The Labute approximate surface area is 154 Å². The van der Waals surface area contributed by atoms with Crippen LogP contribution in [0.25, 0.3) is 0 Å². The third-order valence-electron chi connectivity index (χ3n) is 2.75. The fourth-order valence-electron chi connectivity index (χ4n) is 1.72. The Bertz CT molecular complexity index is 833. The first-order valence-corrected chi connectivity index (χ1v) is 7.46. The van der Waals surface area contributed by atoms with Crippen LogP contribution in [0.15, 0.2) is 53.4 Å². The molecule has 0 radical (unpaired) electrons. The standard InChI is InChI=1S/C7H5NO3S.C7H6O3.Na/c9-7-5-3-1-2-4-6(5)12(10,11)8-7;8-6-3-1-5(2-4-6)7(9)10;/h1-4H,(H,8,9);1-4,8H,(H,9,10);/q;;+1/p-1. The molecule has 1 aliphatic rings. The number of hydrogen-bond donors (Lipinski definition) is 2. The van der Waals surface area contributed by atoms with E-state index in [4.69, 9.17) is 5.11 Å². The van der Waals surface area contributed by atoms with E-state index in [9.17, 15) is 23.1 Å². The van der Waals surface area contributed by atoms with Crippen molar-refractivity contribution in [1.82, 2.24) is 4.72 Å². The first-order chi connectivity index (χ1) is 10.3. The molecule has 9 heteroatoms. The Morgan fingerprint density at radius 3 is 2.13 bits per heavy atom. The van der Waals surface area contributed by atoms with Crippen molar-refractivity contribution in [2.45, 2.75) is 4.90 Å². The summed E-state index contributed by atoms with van der Waals surface area (Å²) in [6.07, 6.45) is 0. The van der Waals surface area contributed by atoms with E-state index in [0.29, 0.717) is 0 Å². The summed E-state index contributed by atoms with van der Waals surface area (Å²) in [6.45, 7) is 0. The maximum Gasteiger partial charge on any atom is 1.00 e. The molecule has 0 atom stereocenters. The average molecular weight is 343 g/mol. The summed E-state index contributed by atoms with van der Waals surface area (Å²) < 4.78 is 24.2. The van der Waals surface area contributed by atoms with Crippen LogP contribution in [0.3, 0.4) is 0 Å². The van der Waals surface area contributed by atoms with Gasteiger partial charge in [-0.2, -0.15) is 0 Å². The number of aromatic carboxylic acids is 1. The molecule has 0 saturated carbocycles. The summed E-state index contributed by atoms with van der Waals surface area (Å²) in [4.78, 5) is 21.2. The molecule has 0 bridgehead atoms. The molecule has 0 aromatic heterocycles. The molecule has 23 heavy (non-hydrogen) atoms. The van der Waals surface area contributed by atoms with E-state index < -0.39 is 21.9 Å². The summed E-state index contributed by atoms with van der Waals surface area (Å²) >= 11 is 0. The Morgan fingerprint density at radius 1 is 1.04 bits per heavy atom. The smallest absolute Gasteiger partial charge is 0.545 e. The SMILES string of the molecule is O=C([O-])c1ccc(O)cc1.O=C1NS(=O)(=O)c2ccccc21.[Na+]. The van der Waals surface area contributed by atoms with Crippen molar-refractivity contribution in [2.75, 3.05) is 0 Å². The molecule has 114 valence electrons. The molecule has 1 heterocycles. The number of nitrogens with one attached hydrogen (secondary N) is 1. The fraction of sp³-hybridized carbons (Fsp3) is 0. The van der Waals surface area contributed by atoms with E-state index in [-0.39, 0.29) is 51.3 Å². The number of sulfonamides is 1. The van der Waals surface area contributed by atoms with Gasteiger partial charge in [0.15, 0.2) is 0 Å². The van der Waals surface area contributed by atoms with Crippen LogP contribution < -0.4 is 39.4 Å². The van der Waals surface area contributed by atoms with Crippen LogP contribution in [0.5, 0.6) is 5.75 Å². The summed E-state index contributed by atoms with van der Waals surface area (Å²) in [6, 6.07) is 11.2. The number of phenols is 1. The Hall–Kier alpha value is -1.87. The van der Waals surface area contributed by atoms with Crippen molar-refractivity contribution in [3.63, 3.8) is 0 Å². The van der Waals surface area contributed by atoms with E-state index >= 15 is 0 Å². The molecule has 0 saturated heterocycles. The molecule has 2 N–H and O–H groups in total. The monoisotopic (exact) mass is 343 g/mol. The number of amides is 1. The van der Waals surface area contributed by atoms with Gasteiger partial charge < -0.3 is 15.0 Å². The minimum absolute atomic E-state index is 0. The molecule has 3 rings (SSSR count). The number of carbonyl (C=O) groups excluding carboxylic acids is 2. The van der Waals surface area contributed by atoms with Gasteiger partial charge in [-0.15, -0.1) is 0 Å². The van der Waals surface area contributed by atoms with Gasteiger partial charge in [0, 0.05) is 0 Å². The van der Waals surface area contributed by atoms with Gasteiger partial charge in [0.1, 0.15) is 10.6 Å². The minimum Gasteiger partial charge on any atom is -0.545 e. The fourth-order valence-corrected chi connectivity index (χ4v) is 2.89. The third-order valence-corrected chi connectivity index (χ3v) is 4.14. The van der Waals surface area contributed by atoms with Crippen molar-refractivity contribution >= 4 is 21.9 Å². The first kappa shape index (κ1) is 19.2. The van der Waals surface area contributed by atoms with Gasteiger partial charge in [0.2, 0.25) is 0 Å². The molecule has 0 aliphatic carbocycles. The van der Waals surface area contributed by atoms with Crippen molar-refractivity contribution < 1.29 is 57.8 Å². The van der Waals surface area contributed by atoms with Crippen LogP contribution in [0.2, 0.25) is 0 Å². The molecule has 7 nitrogen and oxygen atoms in total. The number of phenolic OH excluding ortho intramolecular Hbond substituents is 1. The Kier molecular flexibility index (Phi) is 6.34. The predicted octanol–water partition coefficient (Wildman–Crippen LogP) is -3.12. The van der Waals surface area contributed by atoms with Crippen LogP contribution in [0.4, 0.5) is 0 Å². The van der Waals surface area contributed by atoms with Gasteiger partial charge in [-0.3, -0.25) is 4.79 Å². The van der Waals surface area contributed by atoms with Crippen molar-refractivity contribution in [3.8, 4) is 5.75 Å². The van der Waals surface area contributed by atoms with Gasteiger partial charge in [-0.1, -0.05) is 12.1 Å². The molecule has 0 spiro atoms. The van der Waals surface area contributed by atoms with E-state index in [1.54, 1.807) is 12.1 Å². The third kappa shape index (κ3) is 4.55. The predicted molar refractivity (Wildman–Crippen MR) is 73.5 cm³/mol. The summed E-state index contributed by atoms with van der Waals surface area (Å²) in [5, 5.41) is 18.8. The molecule has 2 aromatic rings. The normalized spacial score (nSPS) is 13.7.